The smallest absolute Gasteiger partial charge is 0.254 e. The average Bonchev–Trinajstić information content (AvgIpc) is 2.75. The Morgan fingerprint density at radius 2 is 1.76 bits per heavy atom. The predicted octanol–water partition coefficient (Wildman–Crippen LogP) is 4.74. The van der Waals surface area contributed by atoms with Crippen LogP contribution in [0.2, 0.25) is 0 Å². The average molecular weight is 288 g/mol. The Bertz CT molecular complexity index is 458. The summed E-state index contributed by atoms with van der Waals surface area (Å²) in [4.78, 5) is 18.2. The molecule has 0 aromatic carbocycles. The molecule has 1 aromatic heterocycles. The van der Waals surface area contributed by atoms with Gasteiger partial charge in [-0.2, -0.15) is 0 Å². The fraction of sp³-hybridized carbons (Fsp3) is 0.667. The second-order valence-corrected chi connectivity index (χ2v) is 6.16. The Morgan fingerprint density at radius 1 is 1.10 bits per heavy atom. The van der Waals surface area contributed by atoms with Crippen LogP contribution in [-0.2, 0) is 0 Å². The molecule has 1 atom stereocenters. The van der Waals surface area contributed by atoms with Gasteiger partial charge in [0.05, 0.1) is 6.04 Å². The molecule has 2 rings (SSSR count). The summed E-state index contributed by atoms with van der Waals surface area (Å²) in [7, 11) is 1.91. The largest absolute Gasteiger partial charge is 0.335 e. The van der Waals surface area contributed by atoms with E-state index in [9.17, 15) is 4.79 Å². The first kappa shape index (κ1) is 16.0. The zero-order valence-corrected chi connectivity index (χ0v) is 13.5. The molecule has 0 N–H and O–H groups in total. The summed E-state index contributed by atoms with van der Waals surface area (Å²) in [6.07, 6.45) is 15.3. The lowest BCUT2D eigenvalue weighted by Crippen LogP contribution is -2.22. The van der Waals surface area contributed by atoms with Crippen LogP contribution in [0.25, 0.3) is 0 Å². The predicted molar refractivity (Wildman–Crippen MR) is 86.3 cm³/mol. The first-order valence-electron chi connectivity index (χ1n) is 8.46. The summed E-state index contributed by atoms with van der Waals surface area (Å²) in [5.74, 6) is 0.150. The Hall–Kier alpha value is -1.38. The number of hydrogen-bond acceptors (Lipinski definition) is 2. The Labute approximate surface area is 128 Å². The third kappa shape index (κ3) is 4.05. The highest BCUT2D eigenvalue weighted by molar-refractivity contribution is 5.98. The highest BCUT2D eigenvalue weighted by Gasteiger charge is 2.33. The van der Waals surface area contributed by atoms with Gasteiger partial charge >= 0.3 is 0 Å². The van der Waals surface area contributed by atoms with Crippen LogP contribution in [0.1, 0.15) is 86.7 Å². The van der Waals surface area contributed by atoms with Crippen LogP contribution < -0.4 is 0 Å². The number of carbonyl (C=O) groups is 1. The van der Waals surface area contributed by atoms with Crippen LogP contribution in [0.3, 0.4) is 0 Å². The Kier molecular flexibility index (Phi) is 6.21. The van der Waals surface area contributed by atoms with Crippen molar-refractivity contribution in [1.82, 2.24) is 9.88 Å². The normalized spacial score (nSPS) is 17.3. The zero-order chi connectivity index (χ0) is 15.1. The molecule has 1 amide bonds. The highest BCUT2D eigenvalue weighted by Crippen LogP contribution is 2.35. The van der Waals surface area contributed by atoms with Crippen molar-refractivity contribution >= 4 is 5.91 Å². The molecule has 3 heteroatoms. The van der Waals surface area contributed by atoms with Crippen molar-refractivity contribution in [3.8, 4) is 0 Å². The van der Waals surface area contributed by atoms with Crippen LogP contribution in [0, 0.1) is 0 Å². The van der Waals surface area contributed by atoms with E-state index in [0.29, 0.717) is 0 Å². The number of rotatable bonds is 9. The van der Waals surface area contributed by atoms with Gasteiger partial charge in [0.2, 0.25) is 0 Å². The van der Waals surface area contributed by atoms with Crippen LogP contribution in [0.5, 0.6) is 0 Å². The Morgan fingerprint density at radius 3 is 2.48 bits per heavy atom. The van der Waals surface area contributed by atoms with Gasteiger partial charge in [-0.05, 0) is 12.5 Å². The summed E-state index contributed by atoms with van der Waals surface area (Å²) in [6.45, 7) is 2.26. The van der Waals surface area contributed by atoms with E-state index in [-0.39, 0.29) is 11.9 Å². The van der Waals surface area contributed by atoms with Crippen molar-refractivity contribution in [3.05, 3.63) is 29.6 Å². The molecule has 21 heavy (non-hydrogen) atoms. The third-order valence-electron chi connectivity index (χ3n) is 4.56. The maximum absolute atomic E-state index is 12.1. The van der Waals surface area contributed by atoms with E-state index < -0.39 is 0 Å². The first-order valence-corrected chi connectivity index (χ1v) is 8.46. The van der Waals surface area contributed by atoms with Gasteiger partial charge in [-0.3, -0.25) is 9.78 Å². The Balaban J connectivity index is 1.70. The van der Waals surface area contributed by atoms with E-state index in [0.717, 1.165) is 17.5 Å². The second kappa shape index (κ2) is 8.16. The molecule has 116 valence electrons. The van der Waals surface area contributed by atoms with E-state index in [4.69, 9.17) is 0 Å². The van der Waals surface area contributed by atoms with Gasteiger partial charge in [-0.15, -0.1) is 0 Å². The number of amides is 1. The zero-order valence-electron chi connectivity index (χ0n) is 13.5. The maximum atomic E-state index is 12.1. The molecular formula is C18H28N2O. The highest BCUT2D eigenvalue weighted by atomic mass is 16.2. The number of hydrogen-bond donors (Lipinski definition) is 0. The van der Waals surface area contributed by atoms with E-state index in [2.05, 4.69) is 11.9 Å². The molecule has 3 nitrogen and oxygen atoms in total. The van der Waals surface area contributed by atoms with Gasteiger partial charge < -0.3 is 4.90 Å². The molecule has 0 aliphatic carbocycles. The van der Waals surface area contributed by atoms with Crippen LogP contribution in [0.4, 0.5) is 0 Å². The summed E-state index contributed by atoms with van der Waals surface area (Å²) in [5, 5.41) is 0. The standard InChI is InChI=1S/C18H28N2O/c1-3-4-5-6-7-8-9-10-11-17-16-14-19-13-12-15(16)18(21)20(17)2/h12-14,17H,3-11H2,1-2H3. The van der Waals surface area contributed by atoms with Crippen molar-refractivity contribution < 1.29 is 4.79 Å². The molecule has 1 aliphatic heterocycles. The van der Waals surface area contributed by atoms with Crippen LogP contribution in [-0.4, -0.2) is 22.8 Å². The van der Waals surface area contributed by atoms with Gasteiger partial charge in [-0.25, -0.2) is 0 Å². The second-order valence-electron chi connectivity index (χ2n) is 6.16. The molecule has 0 radical (unpaired) electrons. The fourth-order valence-corrected chi connectivity index (χ4v) is 3.23. The van der Waals surface area contributed by atoms with Crippen molar-refractivity contribution in [2.45, 2.75) is 70.8 Å². The van der Waals surface area contributed by atoms with Gasteiger partial charge in [0.15, 0.2) is 0 Å². The minimum Gasteiger partial charge on any atom is -0.335 e. The van der Waals surface area contributed by atoms with Gasteiger partial charge in [0.25, 0.3) is 5.91 Å². The van der Waals surface area contributed by atoms with Crippen LogP contribution >= 0.6 is 0 Å². The molecule has 0 spiro atoms. The topological polar surface area (TPSA) is 33.2 Å². The summed E-state index contributed by atoms with van der Waals surface area (Å²) >= 11 is 0. The number of carbonyl (C=O) groups excluding carboxylic acids is 1. The monoisotopic (exact) mass is 288 g/mol. The molecule has 1 unspecified atom stereocenters. The van der Waals surface area contributed by atoms with Crippen molar-refractivity contribution in [2.75, 3.05) is 7.05 Å². The maximum Gasteiger partial charge on any atom is 0.254 e. The fourth-order valence-electron chi connectivity index (χ4n) is 3.23. The first-order chi connectivity index (χ1) is 10.3. The quantitative estimate of drug-likeness (QED) is 0.615. The van der Waals surface area contributed by atoms with E-state index in [1.807, 2.05) is 24.2 Å². The van der Waals surface area contributed by atoms with Gasteiger partial charge in [0, 0.05) is 30.6 Å². The van der Waals surface area contributed by atoms with Crippen molar-refractivity contribution in [3.63, 3.8) is 0 Å². The third-order valence-corrected chi connectivity index (χ3v) is 4.56. The van der Waals surface area contributed by atoms with Gasteiger partial charge in [-0.1, -0.05) is 58.3 Å². The number of nitrogens with zero attached hydrogens (tertiary/aromatic N) is 2. The number of aromatic nitrogens is 1. The van der Waals surface area contributed by atoms with Gasteiger partial charge in [0.1, 0.15) is 0 Å². The summed E-state index contributed by atoms with van der Waals surface area (Å²) < 4.78 is 0. The molecule has 0 fully saturated rings. The number of fused-ring (bicyclic) bond motifs is 1. The lowest BCUT2D eigenvalue weighted by atomic mass is 10.0. The van der Waals surface area contributed by atoms with E-state index in [1.54, 1.807) is 6.20 Å². The SMILES string of the molecule is CCCCCCCCCCC1c2cnccc2C(=O)N1C. The van der Waals surface area contributed by atoms with Crippen molar-refractivity contribution in [2.24, 2.45) is 0 Å². The lowest BCUT2D eigenvalue weighted by molar-refractivity contribution is 0.0766. The van der Waals surface area contributed by atoms with Crippen molar-refractivity contribution in [1.29, 1.82) is 0 Å². The lowest BCUT2D eigenvalue weighted by Gasteiger charge is -2.20. The molecule has 0 saturated carbocycles. The van der Waals surface area contributed by atoms with Crippen LogP contribution in [0.15, 0.2) is 18.5 Å². The molecule has 2 heterocycles. The molecule has 0 saturated heterocycles. The minimum absolute atomic E-state index is 0.150. The number of unbranched alkanes of at least 4 members (excludes halogenated alkanes) is 7. The molecule has 1 aliphatic rings. The summed E-state index contributed by atoms with van der Waals surface area (Å²) in [5.41, 5.74) is 1.96. The minimum atomic E-state index is 0.150. The molecule has 1 aromatic rings. The molecule has 0 bridgehead atoms. The van der Waals surface area contributed by atoms with E-state index in [1.165, 1.54) is 51.4 Å². The summed E-state index contributed by atoms with van der Waals surface area (Å²) in [6, 6.07) is 2.09. The van der Waals surface area contributed by atoms with E-state index >= 15 is 0 Å². The number of pyridine rings is 1. The molecular weight excluding hydrogens is 260 g/mol.